The monoisotopic (exact) mass is 247 g/mol. The van der Waals surface area contributed by atoms with Crippen molar-refractivity contribution in [1.29, 1.82) is 0 Å². The van der Waals surface area contributed by atoms with E-state index in [2.05, 4.69) is 17.1 Å². The van der Waals surface area contributed by atoms with Gasteiger partial charge in [-0.3, -0.25) is 4.98 Å². The number of oxime groups is 1. The van der Waals surface area contributed by atoms with Crippen LogP contribution in [0.2, 0.25) is 0 Å². The lowest BCUT2D eigenvalue weighted by Gasteiger charge is -2.32. The van der Waals surface area contributed by atoms with Gasteiger partial charge in [-0.2, -0.15) is 0 Å². The van der Waals surface area contributed by atoms with Crippen molar-refractivity contribution in [1.82, 2.24) is 4.98 Å². The summed E-state index contributed by atoms with van der Waals surface area (Å²) in [7, 11) is 0. The van der Waals surface area contributed by atoms with Gasteiger partial charge in [0.2, 0.25) is 0 Å². The van der Waals surface area contributed by atoms with Gasteiger partial charge < -0.3 is 10.6 Å². The van der Waals surface area contributed by atoms with E-state index >= 15 is 0 Å². The van der Waals surface area contributed by atoms with Gasteiger partial charge >= 0.3 is 0 Å². The van der Waals surface area contributed by atoms with E-state index in [0.29, 0.717) is 0 Å². The van der Waals surface area contributed by atoms with Crippen molar-refractivity contribution in [2.75, 3.05) is 0 Å². The summed E-state index contributed by atoms with van der Waals surface area (Å²) in [6.07, 6.45) is 9.52. The van der Waals surface area contributed by atoms with Crippen molar-refractivity contribution in [2.24, 2.45) is 10.9 Å². The Morgan fingerprint density at radius 3 is 2.89 bits per heavy atom. The first kappa shape index (κ1) is 13.0. The van der Waals surface area contributed by atoms with Gasteiger partial charge in [0.25, 0.3) is 0 Å². The highest BCUT2D eigenvalue weighted by Crippen LogP contribution is 2.27. The highest BCUT2D eigenvalue weighted by atomic mass is 16.6. The van der Waals surface area contributed by atoms with E-state index in [4.69, 9.17) is 10.6 Å². The number of nitrogens with two attached hydrogens (primary N) is 1. The first-order chi connectivity index (χ1) is 8.57. The molecule has 1 aromatic rings. The third kappa shape index (κ3) is 3.53. The average Bonchev–Trinajstić information content (AvgIpc) is 2.34. The van der Waals surface area contributed by atoms with Gasteiger partial charge in [0.15, 0.2) is 0 Å². The van der Waals surface area contributed by atoms with Gasteiger partial charge in [-0.1, -0.05) is 5.16 Å². The van der Waals surface area contributed by atoms with Crippen LogP contribution >= 0.6 is 0 Å². The second-order valence-electron chi connectivity index (χ2n) is 5.43. The van der Waals surface area contributed by atoms with Crippen LogP contribution in [0.15, 0.2) is 23.6 Å². The molecular weight excluding hydrogens is 226 g/mol. The van der Waals surface area contributed by atoms with E-state index in [1.54, 1.807) is 12.4 Å². The molecule has 4 heteroatoms. The van der Waals surface area contributed by atoms with Crippen LogP contribution in [-0.2, 0) is 4.84 Å². The molecule has 2 N–H and O–H groups in total. The molecule has 0 spiro atoms. The maximum atomic E-state index is 6.08. The molecule has 1 fully saturated rings. The molecule has 4 nitrogen and oxygen atoms in total. The number of nitrogens with zero attached hydrogens (tertiary/aromatic N) is 2. The van der Waals surface area contributed by atoms with Crippen molar-refractivity contribution in [3.8, 4) is 0 Å². The summed E-state index contributed by atoms with van der Waals surface area (Å²) < 4.78 is 0. The molecule has 0 atom stereocenters. The largest absolute Gasteiger partial charge is 0.392 e. The Bertz CT molecular complexity index is 419. The average molecular weight is 247 g/mol. The quantitative estimate of drug-likeness (QED) is 0.659. The van der Waals surface area contributed by atoms with E-state index in [1.165, 1.54) is 0 Å². The van der Waals surface area contributed by atoms with Crippen LogP contribution in [0.1, 0.15) is 43.7 Å². The highest BCUT2D eigenvalue weighted by Gasteiger charge is 2.28. The SMILES string of the molecule is Cc1cnccc1C=NOC1CCC(C)(N)CC1. The fourth-order valence-electron chi connectivity index (χ4n) is 2.16. The molecule has 0 radical (unpaired) electrons. The second kappa shape index (κ2) is 5.48. The first-order valence-corrected chi connectivity index (χ1v) is 6.45. The minimum Gasteiger partial charge on any atom is -0.392 e. The van der Waals surface area contributed by atoms with E-state index < -0.39 is 0 Å². The summed E-state index contributed by atoms with van der Waals surface area (Å²) in [5, 5.41) is 4.08. The Morgan fingerprint density at radius 2 is 2.22 bits per heavy atom. The Morgan fingerprint density at radius 1 is 1.50 bits per heavy atom. The zero-order valence-corrected chi connectivity index (χ0v) is 11.1. The molecule has 0 aromatic carbocycles. The predicted octanol–water partition coefficient (Wildman–Crippen LogP) is 2.40. The maximum Gasteiger partial charge on any atom is 0.127 e. The van der Waals surface area contributed by atoms with E-state index in [-0.39, 0.29) is 11.6 Å². The molecule has 0 bridgehead atoms. The summed E-state index contributed by atoms with van der Waals surface area (Å²) >= 11 is 0. The Hall–Kier alpha value is -1.42. The van der Waals surface area contributed by atoms with E-state index in [9.17, 15) is 0 Å². The van der Waals surface area contributed by atoms with Crippen LogP contribution in [-0.4, -0.2) is 22.8 Å². The van der Waals surface area contributed by atoms with Crippen molar-refractivity contribution in [3.05, 3.63) is 29.6 Å². The lowest BCUT2D eigenvalue weighted by molar-refractivity contribution is 0.0202. The zero-order chi connectivity index (χ0) is 13.0. The topological polar surface area (TPSA) is 60.5 Å². The summed E-state index contributed by atoms with van der Waals surface area (Å²) in [5.41, 5.74) is 8.20. The van der Waals surface area contributed by atoms with Crippen LogP contribution < -0.4 is 5.73 Å². The number of aromatic nitrogens is 1. The molecule has 0 amide bonds. The molecule has 0 unspecified atom stereocenters. The van der Waals surface area contributed by atoms with Gasteiger partial charge in [0.1, 0.15) is 6.10 Å². The highest BCUT2D eigenvalue weighted by molar-refractivity contribution is 5.80. The van der Waals surface area contributed by atoms with Crippen molar-refractivity contribution >= 4 is 6.21 Å². The van der Waals surface area contributed by atoms with Gasteiger partial charge in [0, 0.05) is 23.5 Å². The summed E-state index contributed by atoms with van der Waals surface area (Å²) in [6, 6.07) is 1.93. The molecule has 1 heterocycles. The molecule has 1 aromatic heterocycles. The molecule has 18 heavy (non-hydrogen) atoms. The molecule has 1 saturated carbocycles. The van der Waals surface area contributed by atoms with Crippen LogP contribution in [0.3, 0.4) is 0 Å². The molecule has 1 aliphatic rings. The first-order valence-electron chi connectivity index (χ1n) is 6.45. The van der Waals surface area contributed by atoms with Crippen LogP contribution in [0, 0.1) is 6.92 Å². The Kier molecular flexibility index (Phi) is 3.97. The van der Waals surface area contributed by atoms with E-state index in [1.807, 2.05) is 19.2 Å². The zero-order valence-electron chi connectivity index (χ0n) is 11.1. The summed E-state index contributed by atoms with van der Waals surface area (Å²) in [5.74, 6) is 0. The van der Waals surface area contributed by atoms with Gasteiger partial charge in [-0.05, 0) is 51.2 Å². The molecule has 98 valence electrons. The van der Waals surface area contributed by atoms with E-state index in [0.717, 1.165) is 36.8 Å². The van der Waals surface area contributed by atoms with Crippen LogP contribution in [0.25, 0.3) is 0 Å². The number of aryl methyl sites for hydroxylation is 1. The van der Waals surface area contributed by atoms with Gasteiger partial charge in [-0.15, -0.1) is 0 Å². The van der Waals surface area contributed by atoms with Crippen molar-refractivity contribution in [3.63, 3.8) is 0 Å². The third-order valence-electron chi connectivity index (χ3n) is 3.54. The second-order valence-corrected chi connectivity index (χ2v) is 5.43. The molecular formula is C14H21N3O. The number of hydrogen-bond donors (Lipinski definition) is 1. The molecule has 0 saturated heterocycles. The van der Waals surface area contributed by atoms with Gasteiger partial charge in [-0.25, -0.2) is 0 Å². The lowest BCUT2D eigenvalue weighted by atomic mass is 9.83. The number of pyridine rings is 1. The summed E-state index contributed by atoms with van der Waals surface area (Å²) in [4.78, 5) is 9.57. The molecule has 1 aliphatic carbocycles. The van der Waals surface area contributed by atoms with Crippen LogP contribution in [0.4, 0.5) is 0 Å². The Labute approximate surface area is 108 Å². The third-order valence-corrected chi connectivity index (χ3v) is 3.54. The fourth-order valence-corrected chi connectivity index (χ4v) is 2.16. The Balaban J connectivity index is 1.84. The lowest BCUT2D eigenvalue weighted by Crippen LogP contribution is -2.41. The normalized spacial score (nSPS) is 28.5. The number of rotatable bonds is 3. The maximum absolute atomic E-state index is 6.08. The number of hydrogen-bond acceptors (Lipinski definition) is 4. The standard InChI is InChI=1S/C14H21N3O/c1-11-9-16-8-5-12(11)10-17-18-13-3-6-14(2,15)7-4-13/h5,8-10,13H,3-4,6-7,15H2,1-2H3. The van der Waals surface area contributed by atoms with Crippen LogP contribution in [0.5, 0.6) is 0 Å². The predicted molar refractivity (Wildman–Crippen MR) is 72.5 cm³/mol. The minimum absolute atomic E-state index is 0.0226. The van der Waals surface area contributed by atoms with Crippen molar-refractivity contribution in [2.45, 2.75) is 51.2 Å². The molecule has 0 aliphatic heterocycles. The fraction of sp³-hybridized carbons (Fsp3) is 0.571. The van der Waals surface area contributed by atoms with Gasteiger partial charge in [0.05, 0.1) is 6.21 Å². The van der Waals surface area contributed by atoms with Crippen molar-refractivity contribution < 1.29 is 4.84 Å². The minimum atomic E-state index is -0.0226. The summed E-state index contributed by atoms with van der Waals surface area (Å²) in [6.45, 7) is 4.11. The smallest absolute Gasteiger partial charge is 0.127 e. The molecule has 2 rings (SSSR count).